The largest absolute Gasteiger partial charge is 0.479 e. The van der Waals surface area contributed by atoms with Crippen LogP contribution in [0.25, 0.3) is 0 Å². The topological polar surface area (TPSA) is 176 Å². The van der Waals surface area contributed by atoms with Crippen molar-refractivity contribution in [2.75, 3.05) is 13.2 Å². The van der Waals surface area contributed by atoms with Crippen LogP contribution >= 0.6 is 0 Å². The van der Waals surface area contributed by atoms with Crippen LogP contribution in [0.3, 0.4) is 0 Å². The van der Waals surface area contributed by atoms with Crippen molar-refractivity contribution < 1.29 is 84.3 Å². The monoisotopic (exact) mass is 413 g/mol. The van der Waals surface area contributed by atoms with Crippen molar-refractivity contribution >= 4 is 11.9 Å². The van der Waals surface area contributed by atoms with Gasteiger partial charge in [0.1, 0.15) is 6.10 Å². The number of hydrogen-bond donors (Lipinski definition) is 7. The van der Waals surface area contributed by atoms with Crippen LogP contribution in [0.4, 0.5) is 0 Å². The molecule has 21 heavy (non-hydrogen) atoms. The van der Waals surface area contributed by atoms with Crippen LogP contribution in [-0.2, 0) is 48.5 Å². The van der Waals surface area contributed by atoms with E-state index in [0.29, 0.717) is 0 Å². The Morgan fingerprint density at radius 2 is 1.10 bits per heavy atom. The quantitative estimate of drug-likeness (QED) is 0.188. The second-order valence-electron chi connectivity index (χ2n) is 3.09. The molecule has 0 aliphatic rings. The number of carboxylic acid groups (broad SMARTS) is 2. The van der Waals surface area contributed by atoms with Crippen LogP contribution < -0.4 is 0 Å². The Morgan fingerprint density at radius 1 is 0.905 bits per heavy atom. The van der Waals surface area contributed by atoms with Crippen molar-refractivity contribution in [3.8, 4) is 0 Å². The molecular weight excluding hydrogens is 395 g/mol. The summed E-state index contributed by atoms with van der Waals surface area (Å²) >= 11 is 0. The van der Waals surface area contributed by atoms with Gasteiger partial charge in [0.05, 0.1) is 13.2 Å². The minimum atomic E-state index is -2.27. The maximum absolute atomic E-state index is 9.77. The van der Waals surface area contributed by atoms with Crippen LogP contribution in [0.15, 0.2) is 0 Å². The molecule has 0 aliphatic heterocycles. The molecule has 0 aromatic carbocycles. The van der Waals surface area contributed by atoms with Crippen molar-refractivity contribution in [3.05, 3.63) is 6.92 Å². The standard InChI is InChI=1S/C4H6O6.C3H8O3.C3H7.2Zn/c5-1(3(7)8)2(6)4(9)10;4-1-3(6)2-5;1-3-2;;/h1-2,5-6H,(H,7,8)(H,9,10);3-6H,1-2H2;1,3H2,2H3;;/q;;-1;;. The smallest absolute Gasteiger partial charge is 0.335 e. The van der Waals surface area contributed by atoms with Crippen LogP contribution in [0.5, 0.6) is 0 Å². The van der Waals surface area contributed by atoms with Crippen molar-refractivity contribution in [1.29, 1.82) is 0 Å². The van der Waals surface area contributed by atoms with Gasteiger partial charge in [0.25, 0.3) is 0 Å². The fourth-order valence-corrected chi connectivity index (χ4v) is 0.328. The number of carboxylic acids is 2. The Hall–Kier alpha value is -0.0132. The zero-order chi connectivity index (χ0) is 16.0. The molecule has 11 heteroatoms. The number of hydrogen-bond acceptors (Lipinski definition) is 7. The molecular formula is C10H21O9Zn2-. The predicted molar refractivity (Wildman–Crippen MR) is 63.1 cm³/mol. The van der Waals surface area contributed by atoms with E-state index in [4.69, 9.17) is 35.7 Å². The zero-order valence-corrected chi connectivity index (χ0v) is 17.9. The summed E-state index contributed by atoms with van der Waals surface area (Å²) in [6, 6.07) is 0. The van der Waals surface area contributed by atoms with Gasteiger partial charge in [-0.05, 0) is 0 Å². The van der Waals surface area contributed by atoms with Crippen LogP contribution in [0.1, 0.15) is 13.3 Å². The average Bonchev–Trinajstić information content (AvgIpc) is 2.37. The number of aliphatic carboxylic acids is 2. The molecule has 2 unspecified atom stereocenters. The van der Waals surface area contributed by atoms with E-state index in [1.54, 1.807) is 0 Å². The van der Waals surface area contributed by atoms with E-state index in [9.17, 15) is 9.59 Å². The minimum Gasteiger partial charge on any atom is -0.479 e. The van der Waals surface area contributed by atoms with Gasteiger partial charge in [-0.3, -0.25) is 0 Å². The molecule has 0 heterocycles. The Morgan fingerprint density at radius 3 is 1.14 bits per heavy atom. The summed E-state index contributed by atoms with van der Waals surface area (Å²) in [7, 11) is 0. The molecule has 0 aromatic rings. The summed E-state index contributed by atoms with van der Waals surface area (Å²) in [4.78, 5) is 19.5. The van der Waals surface area contributed by atoms with Crippen molar-refractivity contribution in [1.82, 2.24) is 0 Å². The first-order valence-electron chi connectivity index (χ1n) is 5.20. The van der Waals surface area contributed by atoms with Gasteiger partial charge in [0, 0.05) is 39.0 Å². The van der Waals surface area contributed by atoms with Gasteiger partial charge in [-0.15, -0.1) is 0 Å². The zero-order valence-electron chi connectivity index (χ0n) is 11.9. The Labute approximate surface area is 148 Å². The fourth-order valence-electron chi connectivity index (χ4n) is 0.328. The molecule has 120 valence electrons. The predicted octanol–water partition coefficient (Wildman–Crippen LogP) is -2.57. The SMILES string of the molecule is O=C(O)C(O)C(O)C(=O)O.OCC(O)CO.[CH2-]CC.[Zn].[Zn]. The average molecular weight is 416 g/mol. The van der Waals surface area contributed by atoms with E-state index >= 15 is 0 Å². The van der Waals surface area contributed by atoms with E-state index in [2.05, 4.69) is 6.92 Å². The molecule has 0 aromatic heterocycles. The molecule has 0 spiro atoms. The van der Waals surface area contributed by atoms with Crippen LogP contribution in [-0.4, -0.2) is 79.2 Å². The molecule has 2 atom stereocenters. The summed E-state index contributed by atoms with van der Waals surface area (Å²) in [6.07, 6.45) is -4.49. The molecule has 0 saturated carbocycles. The number of rotatable bonds is 5. The van der Waals surface area contributed by atoms with E-state index < -0.39 is 30.3 Å². The number of aliphatic hydroxyl groups excluding tert-OH is 5. The van der Waals surface area contributed by atoms with Crippen LogP contribution in [0, 0.1) is 6.92 Å². The Bertz CT molecular complexity index is 219. The van der Waals surface area contributed by atoms with Gasteiger partial charge in [0.2, 0.25) is 0 Å². The second-order valence-corrected chi connectivity index (χ2v) is 3.09. The molecule has 0 rings (SSSR count). The van der Waals surface area contributed by atoms with Crippen LogP contribution in [0.2, 0.25) is 0 Å². The van der Waals surface area contributed by atoms with E-state index in [0.717, 1.165) is 6.42 Å². The van der Waals surface area contributed by atoms with Crippen molar-refractivity contribution in [3.63, 3.8) is 0 Å². The first-order chi connectivity index (χ1) is 8.69. The third-order valence-corrected chi connectivity index (χ3v) is 1.23. The molecule has 9 nitrogen and oxygen atoms in total. The molecule has 0 radical (unpaired) electrons. The minimum absolute atomic E-state index is 0. The summed E-state index contributed by atoms with van der Waals surface area (Å²) in [5.41, 5.74) is 0. The second kappa shape index (κ2) is 22.3. The van der Waals surface area contributed by atoms with Crippen molar-refractivity contribution in [2.45, 2.75) is 31.7 Å². The van der Waals surface area contributed by atoms with Gasteiger partial charge in [-0.2, -0.15) is 6.42 Å². The third-order valence-electron chi connectivity index (χ3n) is 1.23. The van der Waals surface area contributed by atoms with Gasteiger partial charge < -0.3 is 42.7 Å². The van der Waals surface area contributed by atoms with Gasteiger partial charge in [0.15, 0.2) is 12.2 Å². The van der Waals surface area contributed by atoms with Gasteiger partial charge in [-0.1, -0.05) is 6.92 Å². The summed E-state index contributed by atoms with van der Waals surface area (Å²) in [5.74, 6) is -3.54. The van der Waals surface area contributed by atoms with Crippen molar-refractivity contribution in [2.24, 2.45) is 0 Å². The first-order valence-corrected chi connectivity index (χ1v) is 5.20. The Kier molecular flexibility index (Phi) is 34.8. The fraction of sp³-hybridized carbons (Fsp3) is 0.700. The van der Waals surface area contributed by atoms with E-state index in [1.807, 2.05) is 6.92 Å². The summed E-state index contributed by atoms with van der Waals surface area (Å²) < 4.78 is 0. The molecule has 0 fully saturated rings. The molecule has 7 N–H and O–H groups in total. The van der Waals surface area contributed by atoms with Gasteiger partial charge >= 0.3 is 11.9 Å². The third kappa shape index (κ3) is 25.3. The summed E-state index contributed by atoms with van der Waals surface area (Å²) in [5, 5.41) is 56.5. The normalized spacial score (nSPS) is 11.2. The number of aliphatic hydroxyl groups is 5. The van der Waals surface area contributed by atoms with E-state index in [1.165, 1.54) is 0 Å². The maximum Gasteiger partial charge on any atom is 0.335 e. The van der Waals surface area contributed by atoms with Gasteiger partial charge in [-0.25, -0.2) is 9.59 Å². The Balaban J connectivity index is -0.0000000673. The van der Waals surface area contributed by atoms with E-state index in [-0.39, 0.29) is 52.2 Å². The summed E-state index contributed by atoms with van der Waals surface area (Å²) in [6.45, 7) is 4.77. The maximum atomic E-state index is 9.77. The molecule has 0 aliphatic carbocycles. The number of carbonyl (C=O) groups is 2. The molecule has 0 bridgehead atoms. The first kappa shape index (κ1) is 32.8. The molecule has 0 saturated heterocycles. The molecule has 0 amide bonds.